The van der Waals surface area contributed by atoms with E-state index < -0.39 is 10.9 Å². The molecule has 102 valence electrons. The molecule has 0 saturated heterocycles. The number of nitro groups is 1. The van der Waals surface area contributed by atoms with Crippen LogP contribution in [0.2, 0.25) is 0 Å². The Bertz CT molecular complexity index is 465. The average Bonchev–Trinajstić information content (AvgIpc) is 3.18. The number of nitro benzene ring substituents is 1. The summed E-state index contributed by atoms with van der Waals surface area (Å²) in [5.41, 5.74) is -0.626. The highest BCUT2D eigenvalue weighted by molar-refractivity contribution is 5.92. The number of carboxylic acid groups (broad SMARTS) is 1. The first-order chi connectivity index (χ1) is 9.09. The molecule has 0 bridgehead atoms. The second-order valence-corrected chi connectivity index (χ2v) is 4.29. The zero-order valence-corrected chi connectivity index (χ0v) is 10.1. The van der Waals surface area contributed by atoms with Gasteiger partial charge in [0.2, 0.25) is 5.75 Å². The summed E-state index contributed by atoms with van der Waals surface area (Å²) in [5, 5.41) is 19.8. The number of carboxylic acids is 1. The summed E-state index contributed by atoms with van der Waals surface area (Å²) < 4.78 is 10.3. The van der Waals surface area contributed by atoms with E-state index in [2.05, 4.69) is 0 Å². The number of rotatable bonds is 7. The SMILES string of the molecule is O=C(O)c1cccc([N+](=O)[O-])c1OCOCC1CC1. The minimum Gasteiger partial charge on any atom is -0.478 e. The van der Waals surface area contributed by atoms with Gasteiger partial charge in [-0.25, -0.2) is 4.79 Å². The van der Waals surface area contributed by atoms with Crippen molar-refractivity contribution >= 4 is 11.7 Å². The largest absolute Gasteiger partial charge is 0.478 e. The number of para-hydroxylation sites is 1. The topological polar surface area (TPSA) is 98.9 Å². The predicted molar refractivity (Wildman–Crippen MR) is 64.2 cm³/mol. The second-order valence-electron chi connectivity index (χ2n) is 4.29. The number of aromatic carboxylic acids is 1. The number of carbonyl (C=O) groups is 1. The molecule has 1 N–H and O–H groups in total. The van der Waals surface area contributed by atoms with Gasteiger partial charge in [0.05, 0.1) is 11.5 Å². The maximum Gasteiger partial charge on any atom is 0.339 e. The minimum atomic E-state index is -1.28. The van der Waals surface area contributed by atoms with E-state index in [0.29, 0.717) is 12.5 Å². The van der Waals surface area contributed by atoms with Crippen LogP contribution >= 0.6 is 0 Å². The molecular weight excluding hydrogens is 254 g/mol. The lowest BCUT2D eigenvalue weighted by molar-refractivity contribution is -0.386. The standard InChI is InChI=1S/C12H13NO6/c14-12(15)9-2-1-3-10(13(16)17)11(9)19-7-18-6-8-4-5-8/h1-3,8H,4-7H2,(H,14,15). The Kier molecular flexibility index (Phi) is 3.96. The van der Waals surface area contributed by atoms with Crippen molar-refractivity contribution in [3.63, 3.8) is 0 Å². The van der Waals surface area contributed by atoms with Crippen molar-refractivity contribution in [2.45, 2.75) is 12.8 Å². The zero-order valence-electron chi connectivity index (χ0n) is 10.1. The van der Waals surface area contributed by atoms with Crippen molar-refractivity contribution in [3.05, 3.63) is 33.9 Å². The number of hydrogen-bond acceptors (Lipinski definition) is 5. The molecular formula is C12H13NO6. The summed E-state index contributed by atoms with van der Waals surface area (Å²) in [6.07, 6.45) is 2.23. The molecule has 7 heteroatoms. The zero-order chi connectivity index (χ0) is 13.8. The molecule has 1 aromatic carbocycles. The lowest BCUT2D eigenvalue weighted by Gasteiger charge is -2.09. The van der Waals surface area contributed by atoms with Crippen LogP contribution in [0.25, 0.3) is 0 Å². The first-order valence-electron chi connectivity index (χ1n) is 5.81. The third-order valence-electron chi connectivity index (χ3n) is 2.76. The summed E-state index contributed by atoms with van der Waals surface area (Å²) in [5.74, 6) is -1.01. The second kappa shape index (κ2) is 5.66. The van der Waals surface area contributed by atoms with Crippen LogP contribution in [0.5, 0.6) is 5.75 Å². The van der Waals surface area contributed by atoms with Gasteiger partial charge < -0.3 is 14.6 Å². The first-order valence-corrected chi connectivity index (χ1v) is 5.81. The molecule has 1 aromatic rings. The van der Waals surface area contributed by atoms with Gasteiger partial charge in [-0.2, -0.15) is 0 Å². The summed E-state index contributed by atoms with van der Waals surface area (Å²) in [6, 6.07) is 3.76. The molecule has 1 fully saturated rings. The predicted octanol–water partition coefficient (Wildman–Crippen LogP) is 2.06. The summed E-state index contributed by atoms with van der Waals surface area (Å²) in [6.45, 7) is 0.338. The molecule has 0 heterocycles. The minimum absolute atomic E-state index is 0.193. The van der Waals surface area contributed by atoms with Gasteiger partial charge in [0.1, 0.15) is 5.56 Å². The third-order valence-corrected chi connectivity index (χ3v) is 2.76. The summed E-state index contributed by atoms with van der Waals surface area (Å²) in [7, 11) is 0. The molecule has 0 aromatic heterocycles. The number of hydrogen-bond donors (Lipinski definition) is 1. The van der Waals surface area contributed by atoms with Crippen molar-refractivity contribution in [2.75, 3.05) is 13.4 Å². The van der Waals surface area contributed by atoms with Crippen LogP contribution in [0, 0.1) is 16.0 Å². The Labute approximate surface area is 108 Å². The number of benzene rings is 1. The van der Waals surface area contributed by atoms with E-state index in [4.69, 9.17) is 14.6 Å². The normalized spacial score (nSPS) is 14.1. The van der Waals surface area contributed by atoms with Crippen LogP contribution in [0.4, 0.5) is 5.69 Å². The lowest BCUT2D eigenvalue weighted by atomic mass is 10.2. The molecule has 7 nitrogen and oxygen atoms in total. The molecule has 0 radical (unpaired) electrons. The van der Waals surface area contributed by atoms with Gasteiger partial charge in [-0.3, -0.25) is 10.1 Å². The van der Waals surface area contributed by atoms with Gasteiger partial charge in [-0.15, -0.1) is 0 Å². The Hall–Kier alpha value is -2.15. The van der Waals surface area contributed by atoms with Crippen molar-refractivity contribution in [3.8, 4) is 5.75 Å². The fourth-order valence-electron chi connectivity index (χ4n) is 1.59. The first kappa shape index (κ1) is 13.3. The molecule has 0 aliphatic heterocycles. The molecule has 0 spiro atoms. The Morgan fingerprint density at radius 1 is 1.47 bits per heavy atom. The highest BCUT2D eigenvalue weighted by Crippen LogP contribution is 2.32. The van der Waals surface area contributed by atoms with E-state index in [1.807, 2.05) is 0 Å². The van der Waals surface area contributed by atoms with Crippen LogP contribution in [0.3, 0.4) is 0 Å². The van der Waals surface area contributed by atoms with Crippen LogP contribution in [-0.2, 0) is 4.74 Å². The molecule has 1 aliphatic carbocycles. The van der Waals surface area contributed by atoms with Crippen molar-refractivity contribution in [2.24, 2.45) is 5.92 Å². The van der Waals surface area contributed by atoms with Crippen molar-refractivity contribution < 1.29 is 24.3 Å². The van der Waals surface area contributed by atoms with E-state index in [1.54, 1.807) is 0 Å². The van der Waals surface area contributed by atoms with Crippen molar-refractivity contribution in [1.29, 1.82) is 0 Å². The maximum absolute atomic E-state index is 11.0. The fraction of sp³-hybridized carbons (Fsp3) is 0.417. The third kappa shape index (κ3) is 3.41. The van der Waals surface area contributed by atoms with Gasteiger partial charge >= 0.3 is 11.7 Å². The number of ether oxygens (including phenoxy) is 2. The highest BCUT2D eigenvalue weighted by Gasteiger charge is 2.24. The monoisotopic (exact) mass is 267 g/mol. The maximum atomic E-state index is 11.0. The molecule has 0 atom stereocenters. The van der Waals surface area contributed by atoms with Gasteiger partial charge in [-0.1, -0.05) is 6.07 Å². The Morgan fingerprint density at radius 2 is 2.21 bits per heavy atom. The lowest BCUT2D eigenvalue weighted by Crippen LogP contribution is -2.10. The molecule has 0 unspecified atom stereocenters. The van der Waals surface area contributed by atoms with E-state index in [9.17, 15) is 14.9 Å². The van der Waals surface area contributed by atoms with Crippen LogP contribution in [-0.4, -0.2) is 29.4 Å². The van der Waals surface area contributed by atoms with Crippen LogP contribution < -0.4 is 4.74 Å². The smallest absolute Gasteiger partial charge is 0.339 e. The van der Waals surface area contributed by atoms with Gasteiger partial charge in [0, 0.05) is 6.07 Å². The van der Waals surface area contributed by atoms with E-state index >= 15 is 0 Å². The molecule has 2 rings (SSSR count). The van der Waals surface area contributed by atoms with Gasteiger partial charge in [-0.05, 0) is 24.8 Å². The Balaban J connectivity index is 2.09. The molecule has 0 amide bonds. The van der Waals surface area contributed by atoms with E-state index in [1.165, 1.54) is 18.2 Å². The van der Waals surface area contributed by atoms with Crippen LogP contribution in [0.15, 0.2) is 18.2 Å². The number of nitrogens with zero attached hydrogens (tertiary/aromatic N) is 1. The van der Waals surface area contributed by atoms with Gasteiger partial charge in [0.15, 0.2) is 6.79 Å². The summed E-state index contributed by atoms with van der Waals surface area (Å²) in [4.78, 5) is 21.2. The Morgan fingerprint density at radius 3 is 2.79 bits per heavy atom. The van der Waals surface area contributed by atoms with E-state index in [0.717, 1.165) is 12.8 Å². The molecule has 1 saturated carbocycles. The molecule has 19 heavy (non-hydrogen) atoms. The van der Waals surface area contributed by atoms with Crippen molar-refractivity contribution in [1.82, 2.24) is 0 Å². The quantitative estimate of drug-likeness (QED) is 0.351. The van der Waals surface area contributed by atoms with E-state index in [-0.39, 0.29) is 23.8 Å². The molecule has 1 aliphatic rings. The van der Waals surface area contributed by atoms with Gasteiger partial charge in [0.25, 0.3) is 0 Å². The van der Waals surface area contributed by atoms with Crippen LogP contribution in [0.1, 0.15) is 23.2 Å². The average molecular weight is 267 g/mol. The highest BCUT2D eigenvalue weighted by atomic mass is 16.7. The fourth-order valence-corrected chi connectivity index (χ4v) is 1.59. The summed E-state index contributed by atoms with van der Waals surface area (Å²) >= 11 is 0.